The average molecular weight is 337 g/mol. The van der Waals surface area contributed by atoms with Crippen LogP contribution in [-0.4, -0.2) is 27.5 Å². The number of nitrogens with two attached hydrogens (primary N) is 1. The van der Waals surface area contributed by atoms with Crippen molar-refractivity contribution in [1.82, 2.24) is 15.0 Å². The fourth-order valence-corrected chi connectivity index (χ4v) is 2.44. The zero-order chi connectivity index (χ0) is 17.6. The van der Waals surface area contributed by atoms with Gasteiger partial charge in [0, 0.05) is 18.8 Å². The minimum Gasteiger partial charge on any atom is -0.423 e. The van der Waals surface area contributed by atoms with E-state index in [1.54, 1.807) is 0 Å². The molecule has 4 N–H and O–H groups in total. The average Bonchev–Trinajstić information content (AvgIpc) is 2.57. The summed E-state index contributed by atoms with van der Waals surface area (Å²) >= 11 is 0. The van der Waals surface area contributed by atoms with Crippen LogP contribution in [0.15, 0.2) is 17.3 Å². The molecule has 136 valence electrons. The van der Waals surface area contributed by atoms with E-state index in [1.165, 1.54) is 63.6 Å². The highest BCUT2D eigenvalue weighted by Gasteiger charge is 2.01. The molecule has 0 aromatic carbocycles. The molecule has 0 atom stereocenters. The molecule has 0 aliphatic heterocycles. The Balaban J connectivity index is 2.07. The Bertz CT molecular complexity index is 542. The van der Waals surface area contributed by atoms with Crippen molar-refractivity contribution < 1.29 is 10.0 Å². The first kappa shape index (κ1) is 20.0. The molecule has 0 aliphatic rings. The molecule has 1 rings (SSSR count). The zero-order valence-corrected chi connectivity index (χ0v) is 14.7. The smallest absolute Gasteiger partial charge is 0.344 e. The number of carbonyl (C=O) groups excluding carboxylic acids is 1. The van der Waals surface area contributed by atoms with E-state index in [1.807, 2.05) is 0 Å². The molecule has 0 radical (unpaired) electrons. The highest BCUT2D eigenvalue weighted by Crippen LogP contribution is 2.10. The van der Waals surface area contributed by atoms with Crippen molar-refractivity contribution in [2.75, 3.05) is 12.3 Å². The topological polar surface area (TPSA) is 106 Å². The molecule has 7 heteroatoms. The molecule has 2 amide bonds. The minimum absolute atomic E-state index is 0.0752. The molecule has 0 saturated carbocycles. The van der Waals surface area contributed by atoms with Crippen molar-refractivity contribution in [1.29, 1.82) is 0 Å². The summed E-state index contributed by atoms with van der Waals surface area (Å²) in [6.45, 7) is 2.81. The van der Waals surface area contributed by atoms with Crippen molar-refractivity contribution >= 4 is 11.8 Å². The first-order valence-electron chi connectivity index (χ1n) is 9.00. The van der Waals surface area contributed by atoms with Crippen molar-refractivity contribution in [3.05, 3.63) is 17.9 Å². The third-order valence-electron chi connectivity index (χ3n) is 3.88. The molecule has 0 unspecified atom stereocenters. The summed E-state index contributed by atoms with van der Waals surface area (Å²) in [6, 6.07) is 0.896. The molecule has 1 heterocycles. The lowest BCUT2D eigenvalue weighted by molar-refractivity contribution is 0.172. The van der Waals surface area contributed by atoms with Crippen LogP contribution >= 0.6 is 0 Å². The van der Waals surface area contributed by atoms with Gasteiger partial charge in [0.25, 0.3) is 5.62 Å². The molecule has 0 saturated heterocycles. The maximum absolute atomic E-state index is 11.7. The lowest BCUT2D eigenvalue weighted by Crippen LogP contribution is -2.29. The van der Waals surface area contributed by atoms with Gasteiger partial charge in [-0.3, -0.25) is 0 Å². The molecule has 0 fully saturated rings. The van der Waals surface area contributed by atoms with E-state index < -0.39 is 6.03 Å². The quantitative estimate of drug-likeness (QED) is 0.426. The number of rotatable bonds is 11. The number of amides is 2. The molecular weight excluding hydrogens is 306 g/mol. The van der Waals surface area contributed by atoms with Gasteiger partial charge in [0.1, 0.15) is 5.82 Å². The maximum Gasteiger partial charge on any atom is 0.344 e. The third kappa shape index (κ3) is 8.55. The van der Waals surface area contributed by atoms with Gasteiger partial charge >= 0.3 is 6.03 Å². The maximum atomic E-state index is 11.7. The van der Waals surface area contributed by atoms with Gasteiger partial charge in [0.15, 0.2) is 0 Å². The Morgan fingerprint density at radius 2 is 1.75 bits per heavy atom. The summed E-state index contributed by atoms with van der Waals surface area (Å²) in [5.74, 6) is 0.0752. The summed E-state index contributed by atoms with van der Waals surface area (Å²) in [6.07, 6.45) is 13.9. The Hall–Kier alpha value is -2.05. The van der Waals surface area contributed by atoms with E-state index in [2.05, 4.69) is 22.2 Å². The van der Waals surface area contributed by atoms with E-state index in [4.69, 9.17) is 5.73 Å². The van der Waals surface area contributed by atoms with Crippen molar-refractivity contribution in [2.24, 2.45) is 4.99 Å². The van der Waals surface area contributed by atoms with Crippen LogP contribution in [0.3, 0.4) is 0 Å². The van der Waals surface area contributed by atoms with Gasteiger partial charge in [-0.2, -0.15) is 4.99 Å². The van der Waals surface area contributed by atoms with Crippen molar-refractivity contribution in [3.8, 4) is 0 Å². The number of hydrogen-bond acceptors (Lipinski definition) is 4. The molecule has 24 heavy (non-hydrogen) atoms. The second kappa shape index (κ2) is 12.4. The second-order valence-corrected chi connectivity index (χ2v) is 6.01. The first-order chi connectivity index (χ1) is 11.6. The molecule has 1 aromatic heterocycles. The normalized spacial score (nSPS) is 11.6. The van der Waals surface area contributed by atoms with E-state index in [-0.39, 0.29) is 11.4 Å². The number of nitrogen functional groups attached to an aromatic ring is 1. The molecule has 0 aliphatic carbocycles. The second-order valence-electron chi connectivity index (χ2n) is 6.01. The summed E-state index contributed by atoms with van der Waals surface area (Å²) < 4.78 is 0.583. The molecule has 0 bridgehead atoms. The number of anilines is 1. The van der Waals surface area contributed by atoms with Crippen molar-refractivity contribution in [2.45, 2.75) is 71.1 Å². The Morgan fingerprint density at radius 3 is 2.38 bits per heavy atom. The van der Waals surface area contributed by atoms with Crippen LogP contribution in [0.5, 0.6) is 0 Å². The van der Waals surface area contributed by atoms with Gasteiger partial charge in [-0.25, -0.2) is 9.78 Å². The van der Waals surface area contributed by atoms with Crippen LogP contribution in [0.4, 0.5) is 10.6 Å². The number of nitrogens with one attached hydrogen (secondary N) is 1. The number of urea groups is 1. The monoisotopic (exact) mass is 337 g/mol. The van der Waals surface area contributed by atoms with Gasteiger partial charge in [-0.1, -0.05) is 64.7 Å². The molecule has 1 aromatic rings. The van der Waals surface area contributed by atoms with E-state index in [9.17, 15) is 10.0 Å². The van der Waals surface area contributed by atoms with Gasteiger partial charge in [0.05, 0.1) is 0 Å². The van der Waals surface area contributed by atoms with Crippen LogP contribution in [0.25, 0.3) is 0 Å². The lowest BCUT2D eigenvalue weighted by atomic mass is 10.1. The molecule has 7 nitrogen and oxygen atoms in total. The first-order valence-corrected chi connectivity index (χ1v) is 9.00. The number of hydrogen-bond donors (Lipinski definition) is 3. The Morgan fingerprint density at radius 1 is 1.17 bits per heavy atom. The highest BCUT2D eigenvalue weighted by atomic mass is 16.5. The van der Waals surface area contributed by atoms with Crippen LogP contribution in [0, 0.1) is 0 Å². The molecular formula is C17H31N5O2. The fraction of sp³-hybridized carbons (Fsp3) is 0.706. The largest absolute Gasteiger partial charge is 0.423 e. The lowest BCUT2D eigenvalue weighted by Gasteiger charge is -2.04. The number of unbranched alkanes of at least 4 members (excludes halogenated alkanes) is 9. The fourth-order valence-electron chi connectivity index (χ4n) is 2.44. The minimum atomic E-state index is -0.521. The number of carbonyl (C=O) groups is 1. The van der Waals surface area contributed by atoms with Gasteiger partial charge in [-0.05, 0) is 6.42 Å². The van der Waals surface area contributed by atoms with Crippen LogP contribution in [-0.2, 0) is 0 Å². The van der Waals surface area contributed by atoms with E-state index in [0.717, 1.165) is 12.8 Å². The van der Waals surface area contributed by atoms with E-state index in [0.29, 0.717) is 11.3 Å². The van der Waals surface area contributed by atoms with Crippen LogP contribution < -0.4 is 16.7 Å². The summed E-state index contributed by atoms with van der Waals surface area (Å²) in [4.78, 5) is 19.1. The standard InChI is InChI=1S/C17H31N5O2/c1-2-3-4-5-6-7-8-9-10-11-13-20-17(23)21-16-19-14-12-15(18)22(16)24/h12,14,24H,2-11,13,18H2,1H3,(H,20,23). The van der Waals surface area contributed by atoms with Gasteiger partial charge < -0.3 is 16.3 Å². The van der Waals surface area contributed by atoms with Crippen molar-refractivity contribution in [3.63, 3.8) is 0 Å². The van der Waals surface area contributed by atoms with Gasteiger partial charge in [-0.15, -0.1) is 4.73 Å². The number of aromatic nitrogens is 2. The third-order valence-corrected chi connectivity index (χ3v) is 3.88. The summed E-state index contributed by atoms with van der Waals surface area (Å²) in [7, 11) is 0. The molecule has 0 spiro atoms. The van der Waals surface area contributed by atoms with Crippen LogP contribution in [0.1, 0.15) is 71.1 Å². The SMILES string of the molecule is CCCCCCCCCCCCNC(=O)N=c1nccc(N)n1O. The Labute approximate surface area is 144 Å². The highest BCUT2D eigenvalue weighted by molar-refractivity contribution is 5.74. The summed E-state index contributed by atoms with van der Waals surface area (Å²) in [5.41, 5.74) is 5.36. The summed E-state index contributed by atoms with van der Waals surface area (Å²) in [5, 5.41) is 12.3. The van der Waals surface area contributed by atoms with E-state index >= 15 is 0 Å². The Kier molecular flexibility index (Phi) is 10.3. The van der Waals surface area contributed by atoms with Crippen LogP contribution in [0.2, 0.25) is 0 Å². The predicted molar refractivity (Wildman–Crippen MR) is 94.6 cm³/mol. The van der Waals surface area contributed by atoms with Gasteiger partial charge in [0.2, 0.25) is 0 Å². The predicted octanol–water partition coefficient (Wildman–Crippen LogP) is 3.23. The number of nitrogens with zero attached hydrogens (tertiary/aromatic N) is 3. The zero-order valence-electron chi connectivity index (χ0n) is 14.7.